The summed E-state index contributed by atoms with van der Waals surface area (Å²) in [5.41, 5.74) is 7.36. The van der Waals surface area contributed by atoms with Gasteiger partial charge in [0.25, 0.3) is 0 Å². The molecule has 0 atom stereocenters. The molecule has 0 aliphatic carbocycles. The summed E-state index contributed by atoms with van der Waals surface area (Å²) in [5, 5.41) is 0. The van der Waals surface area contributed by atoms with Crippen molar-refractivity contribution in [2.75, 3.05) is 19.3 Å². The van der Waals surface area contributed by atoms with E-state index in [2.05, 4.69) is 0 Å². The second-order valence-electron chi connectivity index (χ2n) is 5.70. The topological polar surface area (TPSA) is 55.6 Å². The molecule has 1 aromatic carbocycles. The number of rotatable bonds is 4. The third-order valence-electron chi connectivity index (χ3n) is 2.70. The molecule has 4 nitrogen and oxygen atoms in total. The van der Waals surface area contributed by atoms with Gasteiger partial charge in [0, 0.05) is 19.3 Å². The zero-order chi connectivity index (χ0) is 14.5. The van der Waals surface area contributed by atoms with Gasteiger partial charge in [0.1, 0.15) is 5.60 Å². The molecular weight excluding hydrogens is 240 g/mol. The van der Waals surface area contributed by atoms with Crippen molar-refractivity contribution in [2.45, 2.75) is 39.2 Å². The molecule has 0 bridgehead atoms. The highest BCUT2D eigenvalue weighted by Crippen LogP contribution is 2.13. The van der Waals surface area contributed by atoms with Gasteiger partial charge in [-0.1, -0.05) is 18.2 Å². The number of para-hydroxylation sites is 1. The van der Waals surface area contributed by atoms with Crippen LogP contribution in [0.25, 0.3) is 0 Å². The fraction of sp³-hybridized carbons (Fsp3) is 0.533. The number of nitrogens with zero attached hydrogens (tertiary/aromatic N) is 1. The smallest absolute Gasteiger partial charge is 0.410 e. The maximum Gasteiger partial charge on any atom is 0.410 e. The average Bonchev–Trinajstić information content (AvgIpc) is 2.29. The van der Waals surface area contributed by atoms with E-state index in [1.54, 1.807) is 11.9 Å². The van der Waals surface area contributed by atoms with Crippen LogP contribution in [0.3, 0.4) is 0 Å². The first-order valence-corrected chi connectivity index (χ1v) is 6.57. The maximum atomic E-state index is 11.7. The fourth-order valence-corrected chi connectivity index (χ4v) is 1.70. The number of carbonyl (C=O) groups is 1. The molecule has 1 amide bonds. The second kappa shape index (κ2) is 6.45. The second-order valence-corrected chi connectivity index (χ2v) is 5.70. The van der Waals surface area contributed by atoms with Crippen molar-refractivity contribution >= 4 is 11.8 Å². The van der Waals surface area contributed by atoms with Crippen molar-refractivity contribution in [1.82, 2.24) is 4.90 Å². The number of hydrogen-bond donors (Lipinski definition) is 1. The SMILES string of the molecule is CN(CCCc1ccccc1N)C(=O)OC(C)(C)C. The summed E-state index contributed by atoms with van der Waals surface area (Å²) in [7, 11) is 1.75. The Labute approximate surface area is 115 Å². The summed E-state index contributed by atoms with van der Waals surface area (Å²) in [6, 6.07) is 7.81. The first kappa shape index (κ1) is 15.3. The normalized spacial score (nSPS) is 11.2. The molecule has 0 radical (unpaired) electrons. The van der Waals surface area contributed by atoms with Crippen LogP contribution in [0.5, 0.6) is 0 Å². The first-order valence-electron chi connectivity index (χ1n) is 6.57. The van der Waals surface area contributed by atoms with E-state index < -0.39 is 5.60 Å². The molecule has 1 rings (SSSR count). The minimum absolute atomic E-state index is 0.284. The summed E-state index contributed by atoms with van der Waals surface area (Å²) in [5.74, 6) is 0. The largest absolute Gasteiger partial charge is 0.444 e. The molecule has 4 heteroatoms. The Morgan fingerprint density at radius 3 is 2.53 bits per heavy atom. The number of amides is 1. The number of aryl methyl sites for hydroxylation is 1. The monoisotopic (exact) mass is 264 g/mol. The molecule has 0 saturated heterocycles. The van der Waals surface area contributed by atoms with Gasteiger partial charge in [-0.15, -0.1) is 0 Å². The highest BCUT2D eigenvalue weighted by atomic mass is 16.6. The van der Waals surface area contributed by atoms with Crippen LogP contribution < -0.4 is 5.73 Å². The zero-order valence-corrected chi connectivity index (χ0v) is 12.3. The third kappa shape index (κ3) is 5.64. The maximum absolute atomic E-state index is 11.7. The Balaban J connectivity index is 2.37. The van der Waals surface area contributed by atoms with Crippen LogP contribution in [0.4, 0.5) is 10.5 Å². The number of anilines is 1. The Morgan fingerprint density at radius 2 is 1.95 bits per heavy atom. The van der Waals surface area contributed by atoms with E-state index in [0.717, 1.165) is 24.1 Å². The van der Waals surface area contributed by atoms with Crippen LogP contribution in [0.1, 0.15) is 32.8 Å². The molecular formula is C15H24N2O2. The first-order chi connectivity index (χ1) is 8.79. The number of nitrogens with two attached hydrogens (primary N) is 1. The van der Waals surface area contributed by atoms with E-state index in [9.17, 15) is 4.79 Å². The molecule has 0 unspecified atom stereocenters. The van der Waals surface area contributed by atoms with Crippen molar-refractivity contribution in [3.63, 3.8) is 0 Å². The number of hydrogen-bond acceptors (Lipinski definition) is 3. The molecule has 0 aliphatic heterocycles. The van der Waals surface area contributed by atoms with E-state index in [4.69, 9.17) is 10.5 Å². The Bertz CT molecular complexity index is 424. The van der Waals surface area contributed by atoms with Gasteiger partial charge < -0.3 is 15.4 Å². The molecule has 0 aliphatic rings. The Morgan fingerprint density at radius 1 is 1.32 bits per heavy atom. The van der Waals surface area contributed by atoms with Crippen LogP contribution in [-0.4, -0.2) is 30.2 Å². The Hall–Kier alpha value is -1.71. The molecule has 0 saturated carbocycles. The number of carbonyl (C=O) groups excluding carboxylic acids is 1. The minimum Gasteiger partial charge on any atom is -0.444 e. The standard InChI is InChI=1S/C15H24N2O2/c1-15(2,3)19-14(18)17(4)11-7-9-12-8-5-6-10-13(12)16/h5-6,8,10H,7,9,11,16H2,1-4H3. The lowest BCUT2D eigenvalue weighted by atomic mass is 10.1. The quantitative estimate of drug-likeness (QED) is 0.850. The minimum atomic E-state index is -0.449. The van der Waals surface area contributed by atoms with Crippen LogP contribution in [0.2, 0.25) is 0 Å². The van der Waals surface area contributed by atoms with Crippen LogP contribution in [0.15, 0.2) is 24.3 Å². The van der Waals surface area contributed by atoms with Gasteiger partial charge in [-0.2, -0.15) is 0 Å². The number of ether oxygens (including phenoxy) is 1. The fourth-order valence-electron chi connectivity index (χ4n) is 1.70. The van der Waals surface area contributed by atoms with Gasteiger partial charge in [-0.05, 0) is 45.2 Å². The lowest BCUT2D eigenvalue weighted by molar-refractivity contribution is 0.0297. The average molecular weight is 264 g/mol. The lowest BCUT2D eigenvalue weighted by Gasteiger charge is -2.24. The van der Waals surface area contributed by atoms with Crippen molar-refractivity contribution in [1.29, 1.82) is 0 Å². The number of benzene rings is 1. The highest BCUT2D eigenvalue weighted by Gasteiger charge is 2.19. The van der Waals surface area contributed by atoms with Gasteiger partial charge in [0.05, 0.1) is 0 Å². The van der Waals surface area contributed by atoms with Crippen molar-refractivity contribution in [3.8, 4) is 0 Å². The highest BCUT2D eigenvalue weighted by molar-refractivity contribution is 5.67. The van der Waals surface area contributed by atoms with E-state index in [1.165, 1.54) is 0 Å². The molecule has 0 fully saturated rings. The molecule has 19 heavy (non-hydrogen) atoms. The molecule has 1 aromatic rings. The van der Waals surface area contributed by atoms with Crippen molar-refractivity contribution in [3.05, 3.63) is 29.8 Å². The summed E-state index contributed by atoms with van der Waals surface area (Å²) in [4.78, 5) is 13.3. The van der Waals surface area contributed by atoms with Crippen molar-refractivity contribution < 1.29 is 9.53 Å². The van der Waals surface area contributed by atoms with Gasteiger partial charge in [-0.3, -0.25) is 0 Å². The van der Waals surface area contributed by atoms with Gasteiger partial charge in [0.15, 0.2) is 0 Å². The Kier molecular flexibility index (Phi) is 5.21. The summed E-state index contributed by atoms with van der Waals surface area (Å²) in [6.07, 6.45) is 1.44. The third-order valence-corrected chi connectivity index (χ3v) is 2.70. The van der Waals surface area contributed by atoms with Crippen LogP contribution >= 0.6 is 0 Å². The molecule has 0 spiro atoms. The predicted molar refractivity (Wildman–Crippen MR) is 78.0 cm³/mol. The molecule has 106 valence electrons. The van der Waals surface area contributed by atoms with E-state index in [-0.39, 0.29) is 6.09 Å². The van der Waals surface area contributed by atoms with E-state index in [0.29, 0.717) is 6.54 Å². The van der Waals surface area contributed by atoms with Gasteiger partial charge in [-0.25, -0.2) is 4.79 Å². The van der Waals surface area contributed by atoms with Crippen molar-refractivity contribution in [2.24, 2.45) is 0 Å². The predicted octanol–water partition coefficient (Wildman–Crippen LogP) is 3.07. The summed E-state index contributed by atoms with van der Waals surface area (Å²) >= 11 is 0. The van der Waals surface area contributed by atoms with E-state index in [1.807, 2.05) is 45.0 Å². The molecule has 2 N–H and O–H groups in total. The van der Waals surface area contributed by atoms with Gasteiger partial charge >= 0.3 is 6.09 Å². The van der Waals surface area contributed by atoms with Gasteiger partial charge in [0.2, 0.25) is 0 Å². The molecule has 0 heterocycles. The summed E-state index contributed by atoms with van der Waals surface area (Å²) in [6.45, 7) is 6.25. The van der Waals surface area contributed by atoms with Crippen LogP contribution in [-0.2, 0) is 11.2 Å². The lowest BCUT2D eigenvalue weighted by Crippen LogP contribution is -2.34. The van der Waals surface area contributed by atoms with Crippen LogP contribution in [0, 0.1) is 0 Å². The summed E-state index contributed by atoms with van der Waals surface area (Å²) < 4.78 is 5.29. The molecule has 0 aromatic heterocycles. The van der Waals surface area contributed by atoms with E-state index >= 15 is 0 Å². The number of nitrogen functional groups attached to an aromatic ring is 1. The zero-order valence-electron chi connectivity index (χ0n) is 12.3.